The van der Waals surface area contributed by atoms with Gasteiger partial charge in [0.15, 0.2) is 0 Å². The van der Waals surface area contributed by atoms with Gasteiger partial charge >= 0.3 is 12.1 Å². The Labute approximate surface area is 263 Å². The van der Waals surface area contributed by atoms with Gasteiger partial charge in [-0.15, -0.1) is 0 Å². The van der Waals surface area contributed by atoms with Gasteiger partial charge in [0.05, 0.1) is 25.7 Å². The summed E-state index contributed by atoms with van der Waals surface area (Å²) in [6.07, 6.45) is 14.9. The highest BCUT2D eigenvalue weighted by molar-refractivity contribution is 7.44. The molecule has 0 aliphatic heterocycles. The Balaban J connectivity index is 4.25. The van der Waals surface area contributed by atoms with Crippen LogP contribution in [0.3, 0.4) is 0 Å². The number of unbranched alkanes of at least 4 members (excludes halogenated alkanes) is 16. The first-order valence-electron chi connectivity index (χ1n) is 17.1. The average Bonchev–Trinajstić information content (AvgIpc) is 2.94. The van der Waals surface area contributed by atoms with Gasteiger partial charge in [-0.2, -0.15) is 18.4 Å². The van der Waals surface area contributed by atoms with Crippen LogP contribution in [0.2, 0.25) is 0 Å². The summed E-state index contributed by atoms with van der Waals surface area (Å²) in [6, 6.07) is 2.54. The van der Waals surface area contributed by atoms with Gasteiger partial charge in [-0.25, -0.2) is 4.67 Å². The largest absolute Gasteiger partial charge is 0.471 e. The predicted molar refractivity (Wildman–Crippen MR) is 173 cm³/mol. The minimum Gasteiger partial charge on any atom is -0.335 e. The van der Waals surface area contributed by atoms with E-state index in [1.165, 1.54) is 64.2 Å². The van der Waals surface area contributed by atoms with Gasteiger partial charge in [0.25, 0.3) is 8.53 Å². The summed E-state index contributed by atoms with van der Waals surface area (Å²) in [5, 5.41) is 8.83. The number of hydrogen-bond acceptors (Lipinski definition) is 5. The summed E-state index contributed by atoms with van der Waals surface area (Å²) in [4.78, 5) is 13.0. The van der Waals surface area contributed by atoms with Gasteiger partial charge in [0, 0.05) is 25.2 Å². The molecule has 0 bridgehead atoms. The summed E-state index contributed by atoms with van der Waals surface area (Å²) in [5.41, 5.74) is 0. The first-order valence-corrected chi connectivity index (χ1v) is 18.3. The highest BCUT2D eigenvalue weighted by Crippen LogP contribution is 2.46. The van der Waals surface area contributed by atoms with E-state index in [4.69, 9.17) is 14.3 Å². The van der Waals surface area contributed by atoms with Crippen LogP contribution in [-0.4, -0.2) is 60.0 Å². The SMILES string of the molecule is CCCCCCCCCCCCCCCCN(CCCCCCOP(OCCC#N)N(C(C)C)C(C)C)C(=O)C(F)(F)F. The van der Waals surface area contributed by atoms with Crippen LogP contribution in [0.15, 0.2) is 0 Å². The monoisotopic (exact) mass is 637 g/mol. The van der Waals surface area contributed by atoms with E-state index in [-0.39, 0.29) is 25.2 Å². The third kappa shape index (κ3) is 23.1. The number of amides is 1. The smallest absolute Gasteiger partial charge is 0.335 e. The molecule has 254 valence electrons. The first-order chi connectivity index (χ1) is 20.6. The fourth-order valence-electron chi connectivity index (χ4n) is 5.21. The second-order valence-electron chi connectivity index (χ2n) is 12.2. The summed E-state index contributed by atoms with van der Waals surface area (Å²) in [7, 11) is -1.29. The number of halogens is 3. The standard InChI is InChI=1S/C33H63F3N3O3P/c1-6-7-8-9-10-11-12-13-14-15-16-17-18-21-26-38(32(40)33(34,35)36)27-22-19-20-23-28-41-43(42-29-24-25-37)39(30(2)3)31(4)5/h30-31H,6-24,26-29H2,1-5H3. The van der Waals surface area contributed by atoms with E-state index in [1.54, 1.807) is 0 Å². The molecule has 43 heavy (non-hydrogen) atoms. The molecule has 0 saturated heterocycles. The van der Waals surface area contributed by atoms with Gasteiger partial charge in [0.2, 0.25) is 0 Å². The number of alkyl halides is 3. The third-order valence-corrected chi connectivity index (χ3v) is 9.61. The Kier molecular flexibility index (Phi) is 26.8. The molecule has 1 unspecified atom stereocenters. The van der Waals surface area contributed by atoms with Crippen LogP contribution in [0.25, 0.3) is 0 Å². The molecule has 0 radical (unpaired) electrons. The molecule has 10 heteroatoms. The third-order valence-electron chi connectivity index (χ3n) is 7.50. The van der Waals surface area contributed by atoms with E-state index in [1.807, 2.05) is 0 Å². The molecule has 0 heterocycles. The molecule has 0 spiro atoms. The molecule has 0 aromatic rings. The molecule has 0 saturated carbocycles. The van der Waals surface area contributed by atoms with E-state index in [0.29, 0.717) is 32.5 Å². The number of rotatable bonds is 29. The van der Waals surface area contributed by atoms with Crippen LogP contribution in [0.1, 0.15) is 157 Å². The van der Waals surface area contributed by atoms with E-state index in [2.05, 4.69) is 45.4 Å². The average molecular weight is 638 g/mol. The number of nitrogens with zero attached hydrogens (tertiary/aromatic N) is 3. The number of carbonyl (C=O) groups excluding carboxylic acids is 1. The van der Waals surface area contributed by atoms with Crippen LogP contribution >= 0.6 is 8.53 Å². The van der Waals surface area contributed by atoms with Crippen molar-refractivity contribution in [2.24, 2.45) is 0 Å². The van der Waals surface area contributed by atoms with Crippen molar-refractivity contribution in [1.82, 2.24) is 9.57 Å². The van der Waals surface area contributed by atoms with Crippen molar-refractivity contribution < 1.29 is 27.0 Å². The Morgan fingerprint density at radius 1 is 0.698 bits per heavy atom. The quantitative estimate of drug-likeness (QED) is 0.0603. The lowest BCUT2D eigenvalue weighted by atomic mass is 10.0. The van der Waals surface area contributed by atoms with Crippen molar-refractivity contribution in [1.29, 1.82) is 5.26 Å². The van der Waals surface area contributed by atoms with Crippen LogP contribution in [0, 0.1) is 11.3 Å². The highest BCUT2D eigenvalue weighted by atomic mass is 31.2. The predicted octanol–water partition coefficient (Wildman–Crippen LogP) is 10.7. The zero-order valence-corrected chi connectivity index (χ0v) is 29.0. The van der Waals surface area contributed by atoms with Crippen molar-refractivity contribution in [2.75, 3.05) is 26.3 Å². The van der Waals surface area contributed by atoms with Crippen LogP contribution in [-0.2, 0) is 13.8 Å². The maximum Gasteiger partial charge on any atom is 0.471 e. The Hall–Kier alpha value is -0.940. The van der Waals surface area contributed by atoms with Crippen LogP contribution in [0.4, 0.5) is 13.2 Å². The number of hydrogen-bond donors (Lipinski definition) is 0. The molecule has 0 fully saturated rings. The minimum absolute atomic E-state index is 0.135. The maximum absolute atomic E-state index is 13.2. The van der Waals surface area contributed by atoms with Crippen LogP contribution in [0.5, 0.6) is 0 Å². The van der Waals surface area contributed by atoms with Crippen molar-refractivity contribution in [2.45, 2.75) is 175 Å². The molecule has 0 aliphatic rings. The molecule has 0 aromatic heterocycles. The second-order valence-corrected chi connectivity index (χ2v) is 13.6. The van der Waals surface area contributed by atoms with E-state index >= 15 is 0 Å². The van der Waals surface area contributed by atoms with Gasteiger partial charge in [0.1, 0.15) is 0 Å². The zero-order valence-electron chi connectivity index (χ0n) is 28.1. The highest BCUT2D eigenvalue weighted by Gasteiger charge is 2.42. The van der Waals surface area contributed by atoms with Gasteiger partial charge in [-0.3, -0.25) is 4.79 Å². The summed E-state index contributed by atoms with van der Waals surface area (Å²) >= 11 is 0. The van der Waals surface area contributed by atoms with Gasteiger partial charge in [-0.1, -0.05) is 103 Å². The van der Waals surface area contributed by atoms with Gasteiger partial charge < -0.3 is 13.9 Å². The van der Waals surface area contributed by atoms with E-state index in [9.17, 15) is 18.0 Å². The molecule has 0 rings (SSSR count). The Bertz CT molecular complexity index is 697. The fourth-order valence-corrected chi connectivity index (χ4v) is 6.83. The Morgan fingerprint density at radius 2 is 1.09 bits per heavy atom. The van der Waals surface area contributed by atoms with E-state index in [0.717, 1.165) is 43.4 Å². The normalized spacial score (nSPS) is 12.8. The molecule has 1 atom stereocenters. The molecule has 0 aliphatic carbocycles. The number of carbonyl (C=O) groups is 1. The summed E-state index contributed by atoms with van der Waals surface area (Å²) in [6.45, 7) is 11.7. The molecule has 6 nitrogen and oxygen atoms in total. The van der Waals surface area contributed by atoms with Crippen molar-refractivity contribution in [3.05, 3.63) is 0 Å². The molecule has 0 aromatic carbocycles. The van der Waals surface area contributed by atoms with Crippen molar-refractivity contribution in [3.8, 4) is 6.07 Å². The lowest BCUT2D eigenvalue weighted by Crippen LogP contribution is -2.42. The Morgan fingerprint density at radius 3 is 1.49 bits per heavy atom. The lowest BCUT2D eigenvalue weighted by molar-refractivity contribution is -0.185. The van der Waals surface area contributed by atoms with E-state index < -0.39 is 20.6 Å². The molecule has 0 N–H and O–H groups in total. The number of nitriles is 1. The summed E-state index contributed by atoms with van der Waals surface area (Å²) < 4.78 is 53.7. The maximum atomic E-state index is 13.2. The van der Waals surface area contributed by atoms with Crippen molar-refractivity contribution in [3.63, 3.8) is 0 Å². The lowest BCUT2D eigenvalue weighted by Gasteiger charge is -2.35. The fraction of sp³-hybridized carbons (Fsp3) is 0.939. The topological polar surface area (TPSA) is 65.8 Å². The second kappa shape index (κ2) is 27.4. The zero-order chi connectivity index (χ0) is 32.3. The van der Waals surface area contributed by atoms with Crippen molar-refractivity contribution >= 4 is 14.4 Å². The van der Waals surface area contributed by atoms with Crippen LogP contribution < -0.4 is 0 Å². The van der Waals surface area contributed by atoms with Gasteiger partial charge in [-0.05, 0) is 47.0 Å². The molecule has 1 amide bonds. The summed E-state index contributed by atoms with van der Waals surface area (Å²) in [5.74, 6) is -1.71. The first kappa shape index (κ1) is 42.1. The molecular weight excluding hydrogens is 574 g/mol. The minimum atomic E-state index is -4.83. The molecular formula is C33H63F3N3O3P.